The molecule has 3 N–H and O–H groups in total. The number of nitrogens with one attached hydrogen (secondary N) is 1. The van der Waals surface area contributed by atoms with Crippen LogP contribution in [-0.4, -0.2) is 12.0 Å². The maximum atomic E-state index is 13.2. The smallest absolute Gasteiger partial charge is 0.126 e. The number of hydrogen-bond donors (Lipinski definition) is 2. The van der Waals surface area contributed by atoms with E-state index in [1.54, 1.807) is 25.5 Å². The van der Waals surface area contributed by atoms with Crippen molar-refractivity contribution >= 4 is 5.69 Å². The van der Waals surface area contributed by atoms with E-state index in [2.05, 4.69) is 10.3 Å². The number of aromatic nitrogens is 1. The molecule has 18 heavy (non-hydrogen) atoms. The van der Waals surface area contributed by atoms with Crippen molar-refractivity contribution < 1.29 is 8.78 Å². The van der Waals surface area contributed by atoms with Gasteiger partial charge in [-0.25, -0.2) is 8.78 Å². The Labute approximate surface area is 104 Å². The zero-order valence-electron chi connectivity index (χ0n) is 9.82. The quantitative estimate of drug-likeness (QED) is 0.877. The van der Waals surface area contributed by atoms with Crippen molar-refractivity contribution in [1.82, 2.24) is 10.3 Å². The number of halogens is 2. The number of nitrogens with zero attached hydrogens (tertiary/aromatic N) is 1. The molecule has 1 atom stereocenters. The predicted octanol–water partition coefficient (Wildman–Crippen LogP) is 2.25. The topological polar surface area (TPSA) is 50.9 Å². The summed E-state index contributed by atoms with van der Waals surface area (Å²) in [6.07, 6.45) is 3.15. The van der Waals surface area contributed by atoms with Crippen LogP contribution in [0.5, 0.6) is 0 Å². The van der Waals surface area contributed by atoms with E-state index in [9.17, 15) is 8.78 Å². The fourth-order valence-electron chi connectivity index (χ4n) is 1.90. The van der Waals surface area contributed by atoms with Crippen molar-refractivity contribution in [3.8, 4) is 0 Å². The number of pyridine rings is 1. The molecule has 0 aliphatic rings. The lowest BCUT2D eigenvalue weighted by molar-refractivity contribution is 0.571. The Balaban J connectivity index is 2.48. The summed E-state index contributed by atoms with van der Waals surface area (Å²) in [5.41, 5.74) is 7.52. The van der Waals surface area contributed by atoms with Crippen LogP contribution < -0.4 is 11.1 Å². The molecule has 1 unspecified atom stereocenters. The number of nitrogen functional groups attached to an aromatic ring is 1. The first-order valence-electron chi connectivity index (χ1n) is 5.44. The van der Waals surface area contributed by atoms with Crippen LogP contribution in [0, 0.1) is 11.6 Å². The highest BCUT2D eigenvalue weighted by molar-refractivity contribution is 5.49. The summed E-state index contributed by atoms with van der Waals surface area (Å²) in [7, 11) is 1.69. The molecular weight excluding hydrogens is 236 g/mol. The van der Waals surface area contributed by atoms with Gasteiger partial charge in [0, 0.05) is 29.7 Å². The highest BCUT2D eigenvalue weighted by Gasteiger charge is 2.16. The summed E-state index contributed by atoms with van der Waals surface area (Å²) < 4.78 is 26.5. The molecule has 0 saturated carbocycles. The molecule has 1 heterocycles. The number of hydrogen-bond acceptors (Lipinski definition) is 3. The van der Waals surface area contributed by atoms with Crippen molar-refractivity contribution in [2.75, 3.05) is 12.8 Å². The highest BCUT2D eigenvalue weighted by atomic mass is 19.1. The lowest BCUT2D eigenvalue weighted by Crippen LogP contribution is -2.19. The first kappa shape index (κ1) is 12.4. The van der Waals surface area contributed by atoms with Gasteiger partial charge in [-0.2, -0.15) is 0 Å². The van der Waals surface area contributed by atoms with E-state index in [0.717, 1.165) is 6.07 Å². The largest absolute Gasteiger partial charge is 0.398 e. The molecule has 5 heteroatoms. The molecule has 0 amide bonds. The lowest BCUT2D eigenvalue weighted by Gasteiger charge is -2.18. The van der Waals surface area contributed by atoms with Crippen LogP contribution in [0.3, 0.4) is 0 Å². The molecule has 2 rings (SSSR count). The summed E-state index contributed by atoms with van der Waals surface area (Å²) >= 11 is 0. The predicted molar refractivity (Wildman–Crippen MR) is 65.9 cm³/mol. The summed E-state index contributed by atoms with van der Waals surface area (Å²) in [5, 5.41) is 2.98. The molecule has 3 nitrogen and oxygen atoms in total. The number of benzene rings is 1. The zero-order chi connectivity index (χ0) is 13.1. The van der Waals surface area contributed by atoms with Gasteiger partial charge in [-0.15, -0.1) is 0 Å². The van der Waals surface area contributed by atoms with Crippen molar-refractivity contribution in [1.29, 1.82) is 0 Å². The van der Waals surface area contributed by atoms with Gasteiger partial charge in [-0.1, -0.05) is 0 Å². The van der Waals surface area contributed by atoms with Crippen LogP contribution in [-0.2, 0) is 0 Å². The molecule has 1 aromatic carbocycles. The van der Waals surface area contributed by atoms with E-state index in [1.165, 1.54) is 12.1 Å². The maximum absolute atomic E-state index is 13.2. The summed E-state index contributed by atoms with van der Waals surface area (Å²) in [6.45, 7) is 0. The van der Waals surface area contributed by atoms with Crippen LogP contribution >= 0.6 is 0 Å². The van der Waals surface area contributed by atoms with Crippen molar-refractivity contribution in [2.24, 2.45) is 0 Å². The summed E-state index contributed by atoms with van der Waals surface area (Å²) in [4.78, 5) is 3.98. The normalized spacial score (nSPS) is 12.4. The Morgan fingerprint density at radius 1 is 1.22 bits per heavy atom. The molecule has 0 bridgehead atoms. The minimum absolute atomic E-state index is 0.399. The highest BCUT2D eigenvalue weighted by Crippen LogP contribution is 2.26. The summed E-state index contributed by atoms with van der Waals surface area (Å²) in [6, 6.07) is 4.63. The van der Waals surface area contributed by atoms with Gasteiger partial charge < -0.3 is 11.1 Å². The van der Waals surface area contributed by atoms with Crippen molar-refractivity contribution in [3.63, 3.8) is 0 Å². The molecule has 0 aliphatic heterocycles. The maximum Gasteiger partial charge on any atom is 0.126 e. The molecule has 0 saturated heterocycles. The second kappa shape index (κ2) is 5.10. The van der Waals surface area contributed by atoms with E-state index in [0.29, 0.717) is 16.8 Å². The molecule has 0 radical (unpaired) electrons. The fourth-order valence-corrected chi connectivity index (χ4v) is 1.90. The lowest BCUT2D eigenvalue weighted by atomic mass is 9.99. The van der Waals surface area contributed by atoms with Gasteiger partial charge in [0.25, 0.3) is 0 Å². The Hall–Kier alpha value is -2.01. The summed E-state index contributed by atoms with van der Waals surface area (Å²) in [5.74, 6) is -1.24. The van der Waals surface area contributed by atoms with E-state index < -0.39 is 17.7 Å². The van der Waals surface area contributed by atoms with E-state index in [-0.39, 0.29) is 0 Å². The van der Waals surface area contributed by atoms with Gasteiger partial charge >= 0.3 is 0 Å². The first-order chi connectivity index (χ1) is 8.61. The third kappa shape index (κ3) is 2.46. The van der Waals surface area contributed by atoms with Crippen LogP contribution in [0.4, 0.5) is 14.5 Å². The number of nitrogens with two attached hydrogens (primary N) is 1. The molecule has 0 spiro atoms. The Morgan fingerprint density at radius 2 is 1.89 bits per heavy atom. The third-order valence-electron chi connectivity index (χ3n) is 2.71. The average Bonchev–Trinajstić information content (AvgIpc) is 2.31. The van der Waals surface area contributed by atoms with Gasteiger partial charge in [-0.3, -0.25) is 4.98 Å². The van der Waals surface area contributed by atoms with Crippen LogP contribution in [0.2, 0.25) is 0 Å². The number of rotatable bonds is 3. The van der Waals surface area contributed by atoms with Crippen LogP contribution in [0.1, 0.15) is 17.2 Å². The SMILES string of the molecule is CNC(c1cc(F)cc(F)c1)c1cnccc1N. The molecular formula is C13H13F2N3. The van der Waals surface area contributed by atoms with E-state index >= 15 is 0 Å². The van der Waals surface area contributed by atoms with Crippen LogP contribution in [0.25, 0.3) is 0 Å². The molecule has 94 valence electrons. The molecule has 0 aliphatic carbocycles. The van der Waals surface area contributed by atoms with Gasteiger partial charge in [-0.05, 0) is 30.8 Å². The van der Waals surface area contributed by atoms with Gasteiger partial charge in [0.1, 0.15) is 11.6 Å². The van der Waals surface area contributed by atoms with E-state index in [1.807, 2.05) is 0 Å². The fraction of sp³-hybridized carbons (Fsp3) is 0.154. The van der Waals surface area contributed by atoms with Crippen molar-refractivity contribution in [2.45, 2.75) is 6.04 Å². The Bertz CT molecular complexity index is 537. The minimum Gasteiger partial charge on any atom is -0.398 e. The molecule has 2 aromatic rings. The average molecular weight is 249 g/mol. The van der Waals surface area contributed by atoms with Crippen LogP contribution in [0.15, 0.2) is 36.7 Å². The zero-order valence-corrected chi connectivity index (χ0v) is 9.82. The first-order valence-corrected chi connectivity index (χ1v) is 5.44. The van der Waals surface area contributed by atoms with Gasteiger partial charge in [0.05, 0.1) is 6.04 Å². The second-order valence-electron chi connectivity index (χ2n) is 3.93. The third-order valence-corrected chi connectivity index (χ3v) is 2.71. The molecule has 0 fully saturated rings. The minimum atomic E-state index is -0.618. The molecule has 1 aromatic heterocycles. The standard InChI is InChI=1S/C13H13F2N3/c1-17-13(11-7-18-3-2-12(11)16)8-4-9(14)6-10(15)5-8/h2-7,13,17H,1H3,(H2,16,18). The van der Waals surface area contributed by atoms with Crippen molar-refractivity contribution in [3.05, 3.63) is 59.4 Å². The Kier molecular flexibility index (Phi) is 3.53. The van der Waals surface area contributed by atoms with E-state index in [4.69, 9.17) is 5.73 Å². The number of anilines is 1. The Morgan fingerprint density at radius 3 is 2.44 bits per heavy atom. The van der Waals surface area contributed by atoms with Gasteiger partial charge in [0.15, 0.2) is 0 Å². The van der Waals surface area contributed by atoms with Gasteiger partial charge in [0.2, 0.25) is 0 Å². The monoisotopic (exact) mass is 249 g/mol. The second-order valence-corrected chi connectivity index (χ2v) is 3.93.